The summed E-state index contributed by atoms with van der Waals surface area (Å²) in [5.74, 6) is 0.848. The van der Waals surface area contributed by atoms with Gasteiger partial charge in [0, 0.05) is 25.7 Å². The minimum atomic E-state index is 0.110. The number of hydrogen-bond acceptors (Lipinski definition) is 5. The van der Waals surface area contributed by atoms with Crippen LogP contribution < -0.4 is 0 Å². The Balaban J connectivity index is 1.46. The van der Waals surface area contributed by atoms with Gasteiger partial charge in [0.25, 0.3) is 0 Å². The van der Waals surface area contributed by atoms with Gasteiger partial charge in [-0.15, -0.1) is 11.3 Å². The Kier molecular flexibility index (Phi) is 4.47. The third-order valence-corrected chi connectivity index (χ3v) is 5.10. The van der Waals surface area contributed by atoms with Crippen LogP contribution in [0.25, 0.3) is 10.6 Å². The predicted octanol–water partition coefficient (Wildman–Crippen LogP) is 4.37. The average Bonchev–Trinajstić information content (AvgIpc) is 3.26. The predicted molar refractivity (Wildman–Crippen MR) is 94.8 cm³/mol. The van der Waals surface area contributed by atoms with Crippen molar-refractivity contribution in [2.75, 3.05) is 13.1 Å². The number of morpholine rings is 1. The molecule has 1 saturated heterocycles. The number of ether oxygens (including phenoxy) is 1. The van der Waals surface area contributed by atoms with Crippen LogP contribution in [0.1, 0.15) is 24.3 Å². The van der Waals surface area contributed by atoms with Crippen LogP contribution in [0.2, 0.25) is 0 Å². The van der Waals surface area contributed by atoms with Crippen LogP contribution in [0.3, 0.4) is 0 Å². The molecule has 0 radical (unpaired) electrons. The van der Waals surface area contributed by atoms with Crippen molar-refractivity contribution in [3.8, 4) is 10.6 Å². The molecule has 3 heterocycles. The van der Waals surface area contributed by atoms with E-state index in [4.69, 9.17) is 9.26 Å². The summed E-state index contributed by atoms with van der Waals surface area (Å²) in [6.45, 7) is 4.69. The molecule has 0 aliphatic carbocycles. The van der Waals surface area contributed by atoms with Crippen LogP contribution >= 0.6 is 11.3 Å². The summed E-state index contributed by atoms with van der Waals surface area (Å²) in [4.78, 5) is 3.51. The van der Waals surface area contributed by atoms with Crippen molar-refractivity contribution in [2.24, 2.45) is 0 Å². The summed E-state index contributed by atoms with van der Waals surface area (Å²) in [5.41, 5.74) is 2.20. The van der Waals surface area contributed by atoms with Crippen LogP contribution in [0, 0.1) is 0 Å². The molecule has 0 N–H and O–H groups in total. The first-order valence-electron chi connectivity index (χ1n) is 8.20. The van der Waals surface area contributed by atoms with Crippen LogP contribution in [-0.2, 0) is 11.3 Å². The summed E-state index contributed by atoms with van der Waals surface area (Å²) in [5, 5.41) is 6.29. The highest BCUT2D eigenvalue weighted by Gasteiger charge is 2.27. The normalized spacial score (nSPS) is 21.9. The molecule has 0 bridgehead atoms. The Morgan fingerprint density at radius 3 is 2.83 bits per heavy atom. The van der Waals surface area contributed by atoms with Gasteiger partial charge < -0.3 is 9.26 Å². The smallest absolute Gasteiger partial charge is 0.177 e. The molecule has 124 valence electrons. The standard InChI is InChI=1S/C19H20N2O2S/c1-14-11-21(13-18(22-14)15-6-3-2-4-7-15)12-16-10-17(23-20-16)19-8-5-9-24-19/h2-10,14,18H,11-13H2,1H3/t14-,18-/m1/s1. The van der Waals surface area contributed by atoms with Crippen molar-refractivity contribution in [1.82, 2.24) is 10.1 Å². The van der Waals surface area contributed by atoms with E-state index in [1.165, 1.54) is 5.56 Å². The summed E-state index contributed by atoms with van der Waals surface area (Å²) < 4.78 is 11.6. The third kappa shape index (κ3) is 3.43. The molecule has 0 unspecified atom stereocenters. The van der Waals surface area contributed by atoms with Crippen LogP contribution in [0.4, 0.5) is 0 Å². The lowest BCUT2D eigenvalue weighted by Crippen LogP contribution is -2.42. The van der Waals surface area contributed by atoms with Crippen molar-refractivity contribution in [1.29, 1.82) is 0 Å². The van der Waals surface area contributed by atoms with Gasteiger partial charge in [-0.1, -0.05) is 41.6 Å². The van der Waals surface area contributed by atoms with E-state index in [9.17, 15) is 0 Å². The molecule has 3 aromatic rings. The maximum Gasteiger partial charge on any atom is 0.177 e. The van der Waals surface area contributed by atoms with E-state index in [1.54, 1.807) is 11.3 Å². The van der Waals surface area contributed by atoms with Crippen molar-refractivity contribution >= 4 is 11.3 Å². The first-order valence-corrected chi connectivity index (χ1v) is 9.08. The van der Waals surface area contributed by atoms with Crippen LogP contribution in [0.15, 0.2) is 58.4 Å². The molecule has 0 spiro atoms. The van der Waals surface area contributed by atoms with Gasteiger partial charge in [-0.25, -0.2) is 0 Å². The number of hydrogen-bond donors (Lipinski definition) is 0. The molecule has 0 amide bonds. The van der Waals surface area contributed by atoms with Crippen LogP contribution in [-0.4, -0.2) is 29.3 Å². The number of aromatic nitrogens is 1. The molecular weight excluding hydrogens is 320 g/mol. The Hall–Kier alpha value is -1.95. The number of benzene rings is 1. The topological polar surface area (TPSA) is 38.5 Å². The average molecular weight is 340 g/mol. The van der Waals surface area contributed by atoms with Gasteiger partial charge in [-0.05, 0) is 23.9 Å². The second-order valence-electron chi connectivity index (χ2n) is 6.20. The third-order valence-electron chi connectivity index (χ3n) is 4.22. The van der Waals surface area contributed by atoms with Gasteiger partial charge in [0.05, 0.1) is 22.8 Å². The van der Waals surface area contributed by atoms with E-state index in [-0.39, 0.29) is 12.2 Å². The maximum atomic E-state index is 6.12. The molecule has 2 atom stereocenters. The van der Waals surface area contributed by atoms with Gasteiger partial charge in [-0.2, -0.15) is 0 Å². The Morgan fingerprint density at radius 1 is 1.17 bits per heavy atom. The quantitative estimate of drug-likeness (QED) is 0.707. The van der Waals surface area contributed by atoms with E-state index in [1.807, 2.05) is 23.6 Å². The second kappa shape index (κ2) is 6.89. The Labute approximate surface area is 145 Å². The zero-order chi connectivity index (χ0) is 16.4. The monoisotopic (exact) mass is 340 g/mol. The van der Waals surface area contributed by atoms with Gasteiger partial charge in [0.1, 0.15) is 0 Å². The van der Waals surface area contributed by atoms with E-state index in [0.717, 1.165) is 36.0 Å². The zero-order valence-electron chi connectivity index (χ0n) is 13.6. The van der Waals surface area contributed by atoms with Crippen molar-refractivity contribution in [2.45, 2.75) is 25.7 Å². The van der Waals surface area contributed by atoms with Crippen LogP contribution in [0.5, 0.6) is 0 Å². The summed E-state index contributed by atoms with van der Waals surface area (Å²) >= 11 is 1.67. The van der Waals surface area contributed by atoms with Crippen molar-refractivity contribution in [3.63, 3.8) is 0 Å². The summed E-state index contributed by atoms with van der Waals surface area (Å²) in [6, 6.07) is 16.5. The summed E-state index contributed by atoms with van der Waals surface area (Å²) in [6.07, 6.45) is 0.311. The fourth-order valence-corrected chi connectivity index (χ4v) is 3.84. The molecule has 1 fully saturated rings. The zero-order valence-corrected chi connectivity index (χ0v) is 14.4. The highest BCUT2D eigenvalue weighted by molar-refractivity contribution is 7.13. The highest BCUT2D eigenvalue weighted by atomic mass is 32.1. The molecule has 5 heteroatoms. The molecule has 4 rings (SSSR count). The minimum absolute atomic E-state index is 0.110. The molecule has 4 nitrogen and oxygen atoms in total. The van der Waals surface area contributed by atoms with Gasteiger partial charge in [0.2, 0.25) is 0 Å². The fourth-order valence-electron chi connectivity index (χ4n) is 3.17. The maximum absolute atomic E-state index is 6.12. The summed E-state index contributed by atoms with van der Waals surface area (Å²) in [7, 11) is 0. The molecular formula is C19H20N2O2S. The lowest BCUT2D eigenvalue weighted by atomic mass is 10.1. The number of nitrogens with zero attached hydrogens (tertiary/aromatic N) is 2. The number of thiophene rings is 1. The lowest BCUT2D eigenvalue weighted by molar-refractivity contribution is -0.0818. The van der Waals surface area contributed by atoms with E-state index >= 15 is 0 Å². The van der Waals surface area contributed by atoms with Gasteiger partial charge in [0.15, 0.2) is 5.76 Å². The molecule has 2 aromatic heterocycles. The molecule has 1 aliphatic rings. The van der Waals surface area contributed by atoms with Gasteiger partial charge in [-0.3, -0.25) is 4.90 Å². The molecule has 1 aliphatic heterocycles. The Morgan fingerprint density at radius 2 is 2.04 bits per heavy atom. The number of rotatable bonds is 4. The highest BCUT2D eigenvalue weighted by Crippen LogP contribution is 2.28. The molecule has 24 heavy (non-hydrogen) atoms. The van der Waals surface area contributed by atoms with E-state index in [2.05, 4.69) is 47.3 Å². The Bertz CT molecular complexity index is 770. The molecule has 1 aromatic carbocycles. The molecule has 0 saturated carbocycles. The van der Waals surface area contributed by atoms with Crippen molar-refractivity contribution in [3.05, 3.63) is 65.2 Å². The largest absolute Gasteiger partial charge is 0.368 e. The minimum Gasteiger partial charge on any atom is -0.368 e. The fraction of sp³-hybridized carbons (Fsp3) is 0.316. The van der Waals surface area contributed by atoms with Crippen molar-refractivity contribution < 1.29 is 9.26 Å². The lowest BCUT2D eigenvalue weighted by Gasteiger charge is -2.36. The van der Waals surface area contributed by atoms with Gasteiger partial charge >= 0.3 is 0 Å². The first-order chi connectivity index (χ1) is 11.8. The van der Waals surface area contributed by atoms with E-state index in [0.29, 0.717) is 0 Å². The first kappa shape index (κ1) is 15.6. The van der Waals surface area contributed by atoms with E-state index < -0.39 is 0 Å². The SMILES string of the molecule is C[C@@H]1CN(Cc2cc(-c3cccs3)on2)C[C@H](c2ccccc2)O1. The second-order valence-corrected chi connectivity index (χ2v) is 7.15.